The molecule has 112 valence electrons. The molecule has 5 heteroatoms. The number of carbonyl (C=O) groups excluding carboxylic acids is 1. The smallest absolute Gasteiger partial charge is 0.253 e. The van der Waals surface area contributed by atoms with Crippen molar-refractivity contribution in [2.24, 2.45) is 0 Å². The number of amides is 1. The Morgan fingerprint density at radius 3 is 2.52 bits per heavy atom. The third-order valence-corrected chi connectivity index (χ3v) is 2.67. The van der Waals surface area contributed by atoms with E-state index in [0.29, 0.717) is 12.1 Å². The minimum atomic E-state index is -0.124. The van der Waals surface area contributed by atoms with Crippen LogP contribution in [0.1, 0.15) is 29.8 Å². The van der Waals surface area contributed by atoms with E-state index in [4.69, 9.17) is 4.74 Å². The molecule has 1 aromatic carbocycles. The maximum atomic E-state index is 11.9. The summed E-state index contributed by atoms with van der Waals surface area (Å²) < 4.78 is 5.57. The highest BCUT2D eigenvalue weighted by Gasteiger charge is 2.04. The highest BCUT2D eigenvalue weighted by molar-refractivity contribution is 5.93. The topological polar surface area (TPSA) is 51.2 Å². The minimum Gasteiger partial charge on any atom is -0.491 e. The number of halogens is 1. The first-order chi connectivity index (χ1) is 9.65. The van der Waals surface area contributed by atoms with Gasteiger partial charge in [0.05, 0.1) is 11.7 Å². The van der Waals surface area contributed by atoms with Gasteiger partial charge in [-0.1, -0.05) is 12.1 Å². The molecule has 0 spiro atoms. The third kappa shape index (κ3) is 5.44. The third-order valence-electron chi connectivity index (χ3n) is 2.67. The van der Waals surface area contributed by atoms with E-state index >= 15 is 0 Å². The van der Waals surface area contributed by atoms with Gasteiger partial charge in [0.15, 0.2) is 0 Å². The Balaban J connectivity index is 0.00000220. The van der Waals surface area contributed by atoms with Gasteiger partial charge in [-0.2, -0.15) is 0 Å². The predicted molar refractivity (Wildman–Crippen MR) is 84.9 cm³/mol. The minimum absolute atomic E-state index is 0. The zero-order valence-electron chi connectivity index (χ0n) is 12.1. The number of hydrogen-bond donors (Lipinski definition) is 1. The van der Waals surface area contributed by atoms with Crippen LogP contribution < -0.4 is 10.1 Å². The van der Waals surface area contributed by atoms with Crippen molar-refractivity contribution in [1.82, 2.24) is 10.3 Å². The van der Waals surface area contributed by atoms with E-state index in [-0.39, 0.29) is 24.4 Å². The average molecular weight is 307 g/mol. The van der Waals surface area contributed by atoms with Gasteiger partial charge in [-0.15, -0.1) is 12.4 Å². The normalized spacial score (nSPS) is 9.86. The van der Waals surface area contributed by atoms with Gasteiger partial charge in [0.2, 0.25) is 0 Å². The van der Waals surface area contributed by atoms with Crippen LogP contribution in [0.5, 0.6) is 5.75 Å². The molecular formula is C16H19ClN2O2. The van der Waals surface area contributed by atoms with Crippen LogP contribution >= 0.6 is 12.4 Å². The number of pyridine rings is 1. The van der Waals surface area contributed by atoms with Crippen LogP contribution in [-0.2, 0) is 6.54 Å². The number of nitrogens with one attached hydrogen (secondary N) is 1. The van der Waals surface area contributed by atoms with Crippen molar-refractivity contribution in [3.05, 3.63) is 59.9 Å². The Kier molecular flexibility index (Phi) is 6.69. The summed E-state index contributed by atoms with van der Waals surface area (Å²) in [5.74, 6) is 0.711. The second-order valence-corrected chi connectivity index (χ2v) is 4.73. The monoisotopic (exact) mass is 306 g/mol. The van der Waals surface area contributed by atoms with E-state index < -0.39 is 0 Å². The molecule has 0 aliphatic heterocycles. The van der Waals surface area contributed by atoms with Crippen LogP contribution in [0, 0.1) is 0 Å². The summed E-state index contributed by atoms with van der Waals surface area (Å²) in [5, 5.41) is 2.86. The molecule has 1 N–H and O–H groups in total. The molecule has 4 nitrogen and oxygen atoms in total. The summed E-state index contributed by atoms with van der Waals surface area (Å²) in [7, 11) is 0. The molecule has 0 aliphatic rings. The van der Waals surface area contributed by atoms with Gasteiger partial charge in [0.1, 0.15) is 5.75 Å². The molecule has 0 radical (unpaired) electrons. The molecule has 0 bridgehead atoms. The van der Waals surface area contributed by atoms with Crippen LogP contribution in [0.25, 0.3) is 0 Å². The van der Waals surface area contributed by atoms with E-state index in [0.717, 1.165) is 11.3 Å². The molecule has 0 saturated carbocycles. The van der Waals surface area contributed by atoms with Gasteiger partial charge in [0.25, 0.3) is 5.91 Å². The number of ether oxygens (including phenoxy) is 1. The number of carbonyl (C=O) groups is 1. The lowest BCUT2D eigenvalue weighted by Gasteiger charge is -2.10. The molecule has 2 aromatic rings. The van der Waals surface area contributed by atoms with E-state index in [2.05, 4.69) is 10.3 Å². The molecule has 1 heterocycles. The molecular weight excluding hydrogens is 288 g/mol. The maximum Gasteiger partial charge on any atom is 0.253 e. The molecule has 0 unspecified atom stereocenters. The van der Waals surface area contributed by atoms with E-state index in [1.807, 2.05) is 38.1 Å². The van der Waals surface area contributed by atoms with Crippen LogP contribution in [0.4, 0.5) is 0 Å². The molecule has 1 amide bonds. The molecule has 0 saturated heterocycles. The Morgan fingerprint density at radius 1 is 1.24 bits per heavy atom. The average Bonchev–Trinajstić information content (AvgIpc) is 2.46. The van der Waals surface area contributed by atoms with Crippen LogP contribution in [0.15, 0.2) is 48.8 Å². The highest BCUT2D eigenvalue weighted by atomic mass is 35.5. The zero-order valence-corrected chi connectivity index (χ0v) is 12.9. The number of benzene rings is 1. The first-order valence-electron chi connectivity index (χ1n) is 6.59. The first kappa shape index (κ1) is 17.0. The summed E-state index contributed by atoms with van der Waals surface area (Å²) in [4.78, 5) is 15.8. The van der Waals surface area contributed by atoms with Gasteiger partial charge in [-0.05, 0) is 43.7 Å². The van der Waals surface area contributed by atoms with Gasteiger partial charge >= 0.3 is 0 Å². The number of rotatable bonds is 5. The number of hydrogen-bond acceptors (Lipinski definition) is 3. The largest absolute Gasteiger partial charge is 0.491 e. The van der Waals surface area contributed by atoms with Crippen LogP contribution in [-0.4, -0.2) is 17.0 Å². The van der Waals surface area contributed by atoms with Crippen molar-refractivity contribution >= 4 is 18.3 Å². The Labute approximate surface area is 131 Å². The Hall–Kier alpha value is -2.07. The number of aromatic nitrogens is 1. The maximum absolute atomic E-state index is 11.9. The molecule has 0 aliphatic carbocycles. The molecule has 0 atom stereocenters. The quantitative estimate of drug-likeness (QED) is 0.922. The standard InChI is InChI=1S/C16H18N2O2.ClH/c1-12(2)20-15-7-5-13(6-8-15)10-18-16(19)14-4-3-9-17-11-14;/h3-9,11-12H,10H2,1-2H3,(H,18,19);1H. The Bertz CT molecular complexity index is 556. The lowest BCUT2D eigenvalue weighted by molar-refractivity contribution is 0.0950. The van der Waals surface area contributed by atoms with Crippen molar-refractivity contribution < 1.29 is 9.53 Å². The lowest BCUT2D eigenvalue weighted by atomic mass is 10.2. The van der Waals surface area contributed by atoms with Crippen molar-refractivity contribution in [3.63, 3.8) is 0 Å². The van der Waals surface area contributed by atoms with E-state index in [1.54, 1.807) is 24.5 Å². The fraction of sp³-hybridized carbons (Fsp3) is 0.250. The Morgan fingerprint density at radius 2 is 1.95 bits per heavy atom. The fourth-order valence-corrected chi connectivity index (χ4v) is 1.74. The van der Waals surface area contributed by atoms with Gasteiger partial charge in [-0.3, -0.25) is 9.78 Å². The van der Waals surface area contributed by atoms with Crippen LogP contribution in [0.3, 0.4) is 0 Å². The van der Waals surface area contributed by atoms with Crippen molar-refractivity contribution in [2.45, 2.75) is 26.5 Å². The fourth-order valence-electron chi connectivity index (χ4n) is 1.74. The summed E-state index contributed by atoms with van der Waals surface area (Å²) in [6, 6.07) is 11.2. The van der Waals surface area contributed by atoms with Gasteiger partial charge < -0.3 is 10.1 Å². The first-order valence-corrected chi connectivity index (χ1v) is 6.59. The molecule has 1 aromatic heterocycles. The van der Waals surface area contributed by atoms with E-state index in [9.17, 15) is 4.79 Å². The molecule has 21 heavy (non-hydrogen) atoms. The predicted octanol–water partition coefficient (Wildman–Crippen LogP) is 3.22. The molecule has 0 fully saturated rings. The summed E-state index contributed by atoms with van der Waals surface area (Å²) >= 11 is 0. The highest BCUT2D eigenvalue weighted by Crippen LogP contribution is 2.13. The lowest BCUT2D eigenvalue weighted by Crippen LogP contribution is -2.22. The second kappa shape index (κ2) is 8.27. The van der Waals surface area contributed by atoms with Gasteiger partial charge in [0, 0.05) is 18.9 Å². The van der Waals surface area contributed by atoms with E-state index in [1.165, 1.54) is 0 Å². The summed E-state index contributed by atoms with van der Waals surface area (Å²) in [5.41, 5.74) is 1.59. The summed E-state index contributed by atoms with van der Waals surface area (Å²) in [6.45, 7) is 4.46. The SMILES string of the molecule is CC(C)Oc1ccc(CNC(=O)c2cccnc2)cc1.Cl. The van der Waals surface area contributed by atoms with Gasteiger partial charge in [-0.25, -0.2) is 0 Å². The zero-order chi connectivity index (χ0) is 14.4. The van der Waals surface area contributed by atoms with Crippen LogP contribution in [0.2, 0.25) is 0 Å². The summed E-state index contributed by atoms with van der Waals surface area (Å²) in [6.07, 6.45) is 3.35. The van der Waals surface area contributed by atoms with Crippen molar-refractivity contribution in [1.29, 1.82) is 0 Å². The number of nitrogens with zero attached hydrogens (tertiary/aromatic N) is 1. The second-order valence-electron chi connectivity index (χ2n) is 4.73. The van der Waals surface area contributed by atoms with Crippen molar-refractivity contribution in [3.8, 4) is 5.75 Å². The van der Waals surface area contributed by atoms with Crippen molar-refractivity contribution in [2.75, 3.05) is 0 Å². The molecule has 2 rings (SSSR count).